The number of carbonyl (C=O) groups excluding carboxylic acids is 1. The van der Waals surface area contributed by atoms with Crippen molar-refractivity contribution in [3.8, 4) is 5.69 Å². The first-order valence-electron chi connectivity index (χ1n) is 7.94. The van der Waals surface area contributed by atoms with Crippen molar-refractivity contribution in [1.29, 1.82) is 0 Å². The number of carbonyl (C=O) groups is 1. The lowest BCUT2D eigenvalue weighted by atomic mass is 10.2. The third-order valence-electron chi connectivity index (χ3n) is 4.08. The normalized spacial score (nSPS) is 15.0. The van der Waals surface area contributed by atoms with Gasteiger partial charge in [-0.25, -0.2) is 0 Å². The molecule has 2 heterocycles. The quantitative estimate of drug-likeness (QED) is 0.859. The van der Waals surface area contributed by atoms with E-state index in [1.807, 2.05) is 31.2 Å². The topological polar surface area (TPSA) is 89.1 Å². The number of nitrogens with two attached hydrogens (primary N) is 1. The summed E-state index contributed by atoms with van der Waals surface area (Å²) in [6.45, 7) is 5.67. The number of aryl methyl sites for hydroxylation is 1. The molecule has 3 rings (SSSR count). The average Bonchev–Trinajstić information content (AvgIpc) is 3.17. The summed E-state index contributed by atoms with van der Waals surface area (Å²) < 4.78 is 1.49. The van der Waals surface area contributed by atoms with Crippen molar-refractivity contribution in [2.24, 2.45) is 0 Å². The fourth-order valence-electron chi connectivity index (χ4n) is 2.82. The van der Waals surface area contributed by atoms with Gasteiger partial charge in [-0.2, -0.15) is 4.68 Å². The summed E-state index contributed by atoms with van der Waals surface area (Å²) in [5.41, 5.74) is 8.11. The van der Waals surface area contributed by atoms with Crippen LogP contribution in [0.2, 0.25) is 0 Å². The molecule has 1 fully saturated rings. The Morgan fingerprint density at radius 2 is 2.13 bits per heavy atom. The first-order chi connectivity index (χ1) is 11.1. The van der Waals surface area contributed by atoms with Crippen molar-refractivity contribution in [3.63, 3.8) is 0 Å². The highest BCUT2D eigenvalue weighted by atomic mass is 16.2. The molecular weight excluding hydrogens is 292 g/mol. The second-order valence-corrected chi connectivity index (χ2v) is 5.88. The number of hydrogen-bond acceptors (Lipinski definition) is 5. The van der Waals surface area contributed by atoms with Gasteiger partial charge in [-0.05, 0) is 50.6 Å². The van der Waals surface area contributed by atoms with Crippen LogP contribution in [0.1, 0.15) is 28.9 Å². The lowest BCUT2D eigenvalue weighted by molar-refractivity contribution is 0.0945. The van der Waals surface area contributed by atoms with E-state index in [1.165, 1.54) is 17.5 Å². The molecule has 1 saturated heterocycles. The Morgan fingerprint density at radius 1 is 1.35 bits per heavy atom. The molecule has 1 aromatic carbocycles. The highest BCUT2D eigenvalue weighted by Gasteiger charge is 2.18. The lowest BCUT2D eigenvalue weighted by Gasteiger charge is -2.14. The molecule has 1 amide bonds. The van der Waals surface area contributed by atoms with Gasteiger partial charge in [0, 0.05) is 13.1 Å². The molecule has 1 aliphatic rings. The molecule has 0 spiro atoms. The van der Waals surface area contributed by atoms with Crippen molar-refractivity contribution in [1.82, 2.24) is 25.2 Å². The van der Waals surface area contributed by atoms with Crippen molar-refractivity contribution in [3.05, 3.63) is 35.5 Å². The molecular formula is C16H22N6O. The molecule has 3 N–H and O–H groups in total. The first kappa shape index (κ1) is 15.5. The van der Waals surface area contributed by atoms with Crippen LogP contribution in [0, 0.1) is 6.92 Å². The minimum atomic E-state index is -0.277. The van der Waals surface area contributed by atoms with E-state index in [-0.39, 0.29) is 17.4 Å². The molecule has 0 radical (unpaired) electrons. The van der Waals surface area contributed by atoms with E-state index in [0.717, 1.165) is 30.9 Å². The van der Waals surface area contributed by atoms with Gasteiger partial charge >= 0.3 is 0 Å². The predicted octanol–water partition coefficient (Wildman–Crippen LogP) is 0.984. The van der Waals surface area contributed by atoms with Gasteiger partial charge in [-0.1, -0.05) is 17.3 Å². The molecule has 7 nitrogen and oxygen atoms in total. The number of nitrogens with zero attached hydrogens (tertiary/aromatic N) is 4. The van der Waals surface area contributed by atoms with Crippen LogP contribution in [0.4, 0.5) is 5.82 Å². The SMILES string of the molecule is Cc1cccc(-n2nnc(C(=O)NCCN3CCCC3)c2N)c1. The number of benzene rings is 1. The maximum absolute atomic E-state index is 12.2. The third-order valence-corrected chi connectivity index (χ3v) is 4.08. The summed E-state index contributed by atoms with van der Waals surface area (Å²) in [5.74, 6) is -0.0186. The summed E-state index contributed by atoms with van der Waals surface area (Å²) in [6.07, 6.45) is 2.48. The van der Waals surface area contributed by atoms with E-state index >= 15 is 0 Å². The Bertz CT molecular complexity index is 690. The second kappa shape index (κ2) is 6.78. The van der Waals surface area contributed by atoms with Crippen molar-refractivity contribution >= 4 is 11.7 Å². The molecule has 0 aliphatic carbocycles. The Morgan fingerprint density at radius 3 is 2.87 bits per heavy atom. The summed E-state index contributed by atoms with van der Waals surface area (Å²) in [4.78, 5) is 14.6. The predicted molar refractivity (Wildman–Crippen MR) is 88.5 cm³/mol. The van der Waals surface area contributed by atoms with Gasteiger partial charge in [0.1, 0.15) is 0 Å². The van der Waals surface area contributed by atoms with Crippen LogP contribution in [0.5, 0.6) is 0 Å². The Labute approximate surface area is 135 Å². The number of anilines is 1. The molecule has 0 saturated carbocycles. The van der Waals surface area contributed by atoms with Gasteiger partial charge in [0.15, 0.2) is 11.5 Å². The van der Waals surface area contributed by atoms with Gasteiger partial charge < -0.3 is 16.0 Å². The fraction of sp³-hybridized carbons (Fsp3) is 0.438. The van der Waals surface area contributed by atoms with E-state index in [4.69, 9.17) is 5.73 Å². The zero-order valence-corrected chi connectivity index (χ0v) is 13.3. The van der Waals surface area contributed by atoms with Gasteiger partial charge in [0.05, 0.1) is 5.69 Å². The molecule has 1 aromatic heterocycles. The summed E-state index contributed by atoms with van der Waals surface area (Å²) >= 11 is 0. The van der Waals surface area contributed by atoms with Crippen LogP contribution < -0.4 is 11.1 Å². The van der Waals surface area contributed by atoms with E-state index < -0.39 is 0 Å². The number of rotatable bonds is 5. The number of amides is 1. The molecule has 0 unspecified atom stereocenters. The lowest BCUT2D eigenvalue weighted by Crippen LogP contribution is -2.34. The number of aromatic nitrogens is 3. The van der Waals surface area contributed by atoms with Gasteiger partial charge in [0.2, 0.25) is 0 Å². The summed E-state index contributed by atoms with van der Waals surface area (Å²) in [5, 5.41) is 10.8. The minimum Gasteiger partial charge on any atom is -0.382 e. The largest absolute Gasteiger partial charge is 0.382 e. The monoisotopic (exact) mass is 314 g/mol. The molecule has 0 bridgehead atoms. The maximum atomic E-state index is 12.2. The molecule has 0 atom stereocenters. The highest BCUT2D eigenvalue weighted by molar-refractivity contribution is 5.96. The van der Waals surface area contributed by atoms with Gasteiger partial charge in [-0.15, -0.1) is 5.10 Å². The molecule has 7 heteroatoms. The van der Waals surface area contributed by atoms with Crippen LogP contribution in [-0.2, 0) is 0 Å². The third kappa shape index (κ3) is 3.50. The molecule has 2 aromatic rings. The Kier molecular flexibility index (Phi) is 4.57. The van der Waals surface area contributed by atoms with E-state index in [0.29, 0.717) is 6.54 Å². The van der Waals surface area contributed by atoms with Crippen molar-refractivity contribution in [2.45, 2.75) is 19.8 Å². The maximum Gasteiger partial charge on any atom is 0.275 e. The zero-order valence-electron chi connectivity index (χ0n) is 13.3. The van der Waals surface area contributed by atoms with Gasteiger partial charge in [0.25, 0.3) is 5.91 Å². The van der Waals surface area contributed by atoms with Crippen LogP contribution in [0.25, 0.3) is 5.69 Å². The molecule has 122 valence electrons. The highest BCUT2D eigenvalue weighted by Crippen LogP contribution is 2.16. The second-order valence-electron chi connectivity index (χ2n) is 5.88. The van der Waals surface area contributed by atoms with Gasteiger partial charge in [-0.3, -0.25) is 4.79 Å². The van der Waals surface area contributed by atoms with Crippen molar-refractivity contribution < 1.29 is 4.79 Å². The number of nitrogens with one attached hydrogen (secondary N) is 1. The average molecular weight is 314 g/mol. The van der Waals surface area contributed by atoms with Crippen molar-refractivity contribution in [2.75, 3.05) is 31.9 Å². The van der Waals surface area contributed by atoms with E-state index in [9.17, 15) is 4.79 Å². The van der Waals surface area contributed by atoms with Crippen LogP contribution >= 0.6 is 0 Å². The first-order valence-corrected chi connectivity index (χ1v) is 7.94. The van der Waals surface area contributed by atoms with E-state index in [1.54, 1.807) is 0 Å². The van der Waals surface area contributed by atoms with E-state index in [2.05, 4.69) is 20.5 Å². The molecule has 1 aliphatic heterocycles. The summed E-state index contributed by atoms with van der Waals surface area (Å²) in [7, 11) is 0. The smallest absolute Gasteiger partial charge is 0.275 e. The van der Waals surface area contributed by atoms with Crippen LogP contribution in [0.15, 0.2) is 24.3 Å². The number of hydrogen-bond donors (Lipinski definition) is 2. The number of nitrogen functional groups attached to an aromatic ring is 1. The minimum absolute atomic E-state index is 0.174. The van der Waals surface area contributed by atoms with Crippen LogP contribution in [0.3, 0.4) is 0 Å². The fourth-order valence-corrected chi connectivity index (χ4v) is 2.82. The van der Waals surface area contributed by atoms with Crippen LogP contribution in [-0.4, -0.2) is 52.0 Å². The zero-order chi connectivity index (χ0) is 16.2. The number of likely N-dealkylation sites (tertiary alicyclic amines) is 1. The standard InChI is InChI=1S/C16H22N6O/c1-12-5-4-6-13(11-12)22-15(17)14(19-20-22)16(23)18-7-10-21-8-2-3-9-21/h4-6,11H,2-3,7-10,17H2,1H3,(H,18,23). The Balaban J connectivity index is 1.65. The summed E-state index contributed by atoms with van der Waals surface area (Å²) in [6, 6.07) is 7.73. The molecule has 23 heavy (non-hydrogen) atoms. The Hall–Kier alpha value is -2.41.